The van der Waals surface area contributed by atoms with Crippen LogP contribution in [0.1, 0.15) is 25.0 Å². The fourth-order valence-electron chi connectivity index (χ4n) is 23.3. The summed E-state index contributed by atoms with van der Waals surface area (Å²) in [6.07, 6.45) is 0. The van der Waals surface area contributed by atoms with Crippen molar-refractivity contribution < 1.29 is 0 Å². The lowest BCUT2D eigenvalue weighted by Crippen LogP contribution is -2.14. The van der Waals surface area contributed by atoms with Gasteiger partial charge in [-0.15, -0.1) is 0 Å². The zero-order valence-electron chi connectivity index (χ0n) is 76.0. The Hall–Kier alpha value is -17.4. The van der Waals surface area contributed by atoms with Gasteiger partial charge >= 0.3 is 0 Å². The molecule has 0 saturated carbocycles. The Balaban J connectivity index is 0.000000107. The summed E-state index contributed by atoms with van der Waals surface area (Å²) in [5.74, 6) is 0. The van der Waals surface area contributed by atoms with E-state index in [4.69, 9.17) is 0 Å². The summed E-state index contributed by atoms with van der Waals surface area (Å²) in [7, 11) is 0. The van der Waals surface area contributed by atoms with E-state index in [1.54, 1.807) is 0 Å². The molecule has 0 N–H and O–H groups in total. The minimum absolute atomic E-state index is 0.0394. The topological polar surface area (TPSA) is 0 Å². The summed E-state index contributed by atoms with van der Waals surface area (Å²) in [6, 6.07) is 188. The van der Waals surface area contributed by atoms with Crippen molar-refractivity contribution >= 4 is 151 Å². The van der Waals surface area contributed by atoms with Crippen LogP contribution in [0.4, 0.5) is 0 Å². The first-order valence-corrected chi connectivity index (χ1v) is 47.8. The van der Waals surface area contributed by atoms with Crippen LogP contribution in [0.25, 0.3) is 262 Å². The summed E-state index contributed by atoms with van der Waals surface area (Å²) in [6.45, 7) is 4.72. The monoisotopic (exact) mass is 1730 g/mol. The third-order valence-electron chi connectivity index (χ3n) is 29.5. The second-order valence-electron chi connectivity index (χ2n) is 37.3. The second kappa shape index (κ2) is 33.1. The Morgan fingerprint density at radius 3 is 0.847 bits per heavy atom. The molecule has 1 aliphatic carbocycles. The zero-order valence-corrected chi connectivity index (χ0v) is 76.0. The predicted octanol–water partition coefficient (Wildman–Crippen LogP) is 38.5. The molecule has 0 aliphatic heterocycles. The van der Waals surface area contributed by atoms with Gasteiger partial charge in [-0.2, -0.15) is 0 Å². The van der Waals surface area contributed by atoms with Gasteiger partial charge in [0.05, 0.1) is 0 Å². The van der Waals surface area contributed by atoms with Crippen molar-refractivity contribution in [3.05, 3.63) is 521 Å². The molecule has 0 bridgehead atoms. The molecule has 28 rings (SSSR count). The molecule has 0 amide bonds. The summed E-state index contributed by atoms with van der Waals surface area (Å²) >= 11 is 0. The second-order valence-corrected chi connectivity index (χ2v) is 37.3. The van der Waals surface area contributed by atoms with E-state index in [0.717, 1.165) is 0 Å². The number of hydrogen-bond acceptors (Lipinski definition) is 0. The van der Waals surface area contributed by atoms with E-state index >= 15 is 0 Å². The molecular formula is C137H90. The van der Waals surface area contributed by atoms with Crippen LogP contribution in [0.5, 0.6) is 0 Å². The first-order chi connectivity index (χ1) is 67.8. The van der Waals surface area contributed by atoms with Crippen molar-refractivity contribution in [1.82, 2.24) is 0 Å². The van der Waals surface area contributed by atoms with Gasteiger partial charge in [-0.05, 0) is 310 Å². The molecule has 0 heterocycles. The Kier molecular flexibility index (Phi) is 19.4. The van der Waals surface area contributed by atoms with E-state index in [2.05, 4.69) is 523 Å². The maximum absolute atomic E-state index is 2.45. The van der Waals surface area contributed by atoms with Gasteiger partial charge in [-0.25, -0.2) is 0 Å². The Labute approximate surface area is 796 Å². The van der Waals surface area contributed by atoms with Crippen molar-refractivity contribution in [3.8, 4) is 111 Å². The number of fused-ring (bicyclic) bond motifs is 18. The quantitative estimate of drug-likeness (QED) is 0.0998. The molecule has 27 aromatic rings. The van der Waals surface area contributed by atoms with Crippen LogP contribution in [0.2, 0.25) is 0 Å². The highest BCUT2D eigenvalue weighted by Gasteiger charge is 2.37. The number of hydrogen-bond donors (Lipinski definition) is 0. The molecule has 0 radical (unpaired) electrons. The van der Waals surface area contributed by atoms with Crippen LogP contribution >= 0.6 is 0 Å². The van der Waals surface area contributed by atoms with Gasteiger partial charge in [-0.1, -0.05) is 487 Å². The minimum Gasteiger partial charge on any atom is -0.0622 e. The standard InChI is InChI=1S/C49H34.C48H30.C40H26/c1-49(2)44-24-12-11-22-43(44)48-37(23-13-25-45(48)49)36-28-29-42(35-17-6-5-16-34(35)36)47-40-20-9-7-18-38(40)46(39-19-8-10-21-41(39)47)33-27-26-31-14-3-4-15-32(31)30-33;1-2-14-32-27-35(26-25-31(32)13-1)47-41-21-9-11-23-43(41)48(44-24-12-10-22-42(44)47)46-30-36(28-33-15-3-6-18-38(33)46)45-29-34-16-4-5-17-37(34)39-19-7-8-20-40(39)45;1-2-13-28(14-3-1)31-20-10-22-33-32(31)21-11-23-34(33)40-37-18-8-6-16-35(37)39(36-17-7-9-19-38(36)40)30-25-24-27-12-4-5-15-29(27)26-30/h3-30H,1-2H3;1-30H;1-26H. The highest BCUT2D eigenvalue weighted by atomic mass is 14.4. The smallest absolute Gasteiger partial charge is 0.0159 e. The van der Waals surface area contributed by atoms with Gasteiger partial charge in [-0.3, -0.25) is 0 Å². The molecule has 0 saturated heterocycles. The SMILES string of the molecule is CC1(C)c2ccccc2-c2c(-c3ccc(-c4c5ccccc5c(-c5ccc6ccccc6c5)c5ccccc45)c4ccccc34)cccc21.c1ccc(-c2cccc3c(-c4c5ccccc5c(-c5ccc6ccccc6c5)c5ccccc45)cccc23)cc1.c1ccc2cc(-c3c4ccccc4c(-c4cc(-c5cc6ccccc6c6ccccc56)cc5ccccc45)c4ccccc34)ccc2c1. The fraction of sp³-hybridized carbons (Fsp3) is 0.0219. The van der Waals surface area contributed by atoms with Crippen molar-refractivity contribution in [3.63, 3.8) is 0 Å². The molecule has 1 aliphatic rings. The van der Waals surface area contributed by atoms with Crippen molar-refractivity contribution in [2.45, 2.75) is 19.3 Å². The Morgan fingerprint density at radius 2 is 0.387 bits per heavy atom. The highest BCUT2D eigenvalue weighted by Crippen LogP contribution is 2.56. The molecule has 0 fully saturated rings. The third kappa shape index (κ3) is 13.4. The van der Waals surface area contributed by atoms with Crippen molar-refractivity contribution in [2.75, 3.05) is 0 Å². The van der Waals surface area contributed by atoms with E-state index in [1.165, 1.54) is 273 Å². The van der Waals surface area contributed by atoms with E-state index in [9.17, 15) is 0 Å². The molecule has 0 spiro atoms. The molecule has 0 aromatic heterocycles. The van der Waals surface area contributed by atoms with Gasteiger partial charge in [0, 0.05) is 5.41 Å². The molecule has 0 heteroatoms. The highest BCUT2D eigenvalue weighted by molar-refractivity contribution is 6.29. The van der Waals surface area contributed by atoms with Crippen LogP contribution < -0.4 is 0 Å². The van der Waals surface area contributed by atoms with Crippen LogP contribution in [0.3, 0.4) is 0 Å². The molecule has 0 nitrogen and oxygen atoms in total. The van der Waals surface area contributed by atoms with Crippen LogP contribution in [-0.2, 0) is 5.41 Å². The molecular weight excluding hydrogens is 1650 g/mol. The van der Waals surface area contributed by atoms with Crippen molar-refractivity contribution in [2.24, 2.45) is 0 Å². The van der Waals surface area contributed by atoms with Crippen LogP contribution in [0.15, 0.2) is 510 Å². The lowest BCUT2D eigenvalue weighted by Gasteiger charge is -2.22. The number of rotatable bonds is 9. The molecule has 0 atom stereocenters. The maximum atomic E-state index is 2.45. The summed E-state index contributed by atoms with van der Waals surface area (Å²) in [5.41, 5.74) is 28.4. The normalized spacial score (nSPS) is 12.2. The van der Waals surface area contributed by atoms with E-state index in [0.29, 0.717) is 0 Å². The summed E-state index contributed by atoms with van der Waals surface area (Å²) < 4.78 is 0. The molecule has 137 heavy (non-hydrogen) atoms. The lowest BCUT2D eigenvalue weighted by atomic mass is 9.81. The largest absolute Gasteiger partial charge is 0.0622 e. The summed E-state index contributed by atoms with van der Waals surface area (Å²) in [4.78, 5) is 0. The van der Waals surface area contributed by atoms with Gasteiger partial charge < -0.3 is 0 Å². The average molecular weight is 1740 g/mol. The molecule has 638 valence electrons. The maximum Gasteiger partial charge on any atom is 0.0159 e. The van der Waals surface area contributed by atoms with E-state index in [1.807, 2.05) is 0 Å². The number of benzene rings is 27. The first kappa shape index (κ1) is 80.4. The third-order valence-corrected chi connectivity index (χ3v) is 29.5. The minimum atomic E-state index is -0.0394. The summed E-state index contributed by atoms with van der Waals surface area (Å²) in [5, 5.41) is 35.6. The Bertz CT molecular complexity index is 9470. The molecule has 27 aromatic carbocycles. The lowest BCUT2D eigenvalue weighted by molar-refractivity contribution is 0.660. The first-order valence-electron chi connectivity index (χ1n) is 47.8. The molecule has 0 unspecified atom stereocenters. The average Bonchev–Trinajstić information content (AvgIpc) is 1.67. The fourth-order valence-corrected chi connectivity index (χ4v) is 23.3. The zero-order chi connectivity index (χ0) is 90.8. The van der Waals surface area contributed by atoms with Crippen LogP contribution in [0, 0.1) is 0 Å². The Morgan fingerprint density at radius 1 is 0.109 bits per heavy atom. The van der Waals surface area contributed by atoms with Gasteiger partial charge in [0.25, 0.3) is 0 Å². The predicted molar refractivity (Wildman–Crippen MR) is 591 cm³/mol. The van der Waals surface area contributed by atoms with E-state index in [-0.39, 0.29) is 5.41 Å². The van der Waals surface area contributed by atoms with E-state index < -0.39 is 0 Å². The van der Waals surface area contributed by atoms with Crippen LogP contribution in [-0.4, -0.2) is 0 Å². The van der Waals surface area contributed by atoms with Gasteiger partial charge in [0.1, 0.15) is 0 Å². The van der Waals surface area contributed by atoms with Crippen molar-refractivity contribution in [1.29, 1.82) is 0 Å². The van der Waals surface area contributed by atoms with Gasteiger partial charge in [0.15, 0.2) is 0 Å². The van der Waals surface area contributed by atoms with Gasteiger partial charge in [0.2, 0.25) is 0 Å².